The number of nitrogens with one attached hydrogen (secondary N) is 1. The molecule has 0 saturated carbocycles. The van der Waals surface area contributed by atoms with Crippen molar-refractivity contribution in [1.29, 1.82) is 0 Å². The van der Waals surface area contributed by atoms with Gasteiger partial charge in [-0.25, -0.2) is 4.79 Å². The fraction of sp³-hybridized carbons (Fsp3) is 0.643. The van der Waals surface area contributed by atoms with Crippen LogP contribution < -0.4 is 5.32 Å². The number of amides is 1. The summed E-state index contributed by atoms with van der Waals surface area (Å²) < 4.78 is 1.84. The molecule has 0 bridgehead atoms. The van der Waals surface area contributed by atoms with Crippen LogP contribution in [0.1, 0.15) is 62.1 Å². The Bertz CT molecular complexity index is 478. The fourth-order valence-corrected chi connectivity index (χ4v) is 2.22. The summed E-state index contributed by atoms with van der Waals surface area (Å²) in [4.78, 5) is 23.1. The number of aromatic nitrogens is 2. The molecule has 1 rings (SSSR count). The van der Waals surface area contributed by atoms with E-state index in [1.165, 1.54) is 6.20 Å². The first-order valence-corrected chi connectivity index (χ1v) is 7.03. The molecule has 1 heterocycles. The van der Waals surface area contributed by atoms with Crippen molar-refractivity contribution in [3.8, 4) is 0 Å². The molecular weight excluding hydrogens is 258 g/mol. The Balaban J connectivity index is 2.92. The lowest BCUT2D eigenvalue weighted by Gasteiger charge is -2.16. The first-order chi connectivity index (χ1) is 9.46. The van der Waals surface area contributed by atoms with Crippen molar-refractivity contribution in [1.82, 2.24) is 15.1 Å². The highest BCUT2D eigenvalue weighted by molar-refractivity contribution is 5.97. The molecule has 1 amide bonds. The Hall–Kier alpha value is -1.85. The molecule has 0 spiro atoms. The topological polar surface area (TPSA) is 84.2 Å². The predicted octanol–water partition coefficient (Wildman–Crippen LogP) is 2.15. The lowest BCUT2D eigenvalue weighted by molar-refractivity contribution is -0.139. The highest BCUT2D eigenvalue weighted by Gasteiger charge is 2.22. The normalized spacial score (nSPS) is 12.4. The summed E-state index contributed by atoms with van der Waals surface area (Å²) in [6.45, 7) is 7.71. The molecule has 1 aromatic rings. The van der Waals surface area contributed by atoms with E-state index in [0.717, 1.165) is 18.5 Å². The van der Waals surface area contributed by atoms with Gasteiger partial charge in [0.1, 0.15) is 6.04 Å². The van der Waals surface area contributed by atoms with Crippen LogP contribution in [0.15, 0.2) is 6.20 Å². The van der Waals surface area contributed by atoms with Gasteiger partial charge < -0.3 is 10.4 Å². The lowest BCUT2D eigenvalue weighted by Crippen LogP contribution is -2.40. The average molecular weight is 281 g/mol. The number of carbonyl (C=O) groups excluding carboxylic acids is 1. The summed E-state index contributed by atoms with van der Waals surface area (Å²) in [5.74, 6) is -1.40. The van der Waals surface area contributed by atoms with Crippen molar-refractivity contribution >= 4 is 11.9 Å². The molecule has 112 valence electrons. The zero-order chi connectivity index (χ0) is 15.3. The molecule has 1 aromatic heterocycles. The minimum Gasteiger partial charge on any atom is -0.480 e. The van der Waals surface area contributed by atoms with Crippen LogP contribution in [0.3, 0.4) is 0 Å². The molecular formula is C14H23N3O3. The van der Waals surface area contributed by atoms with Crippen LogP contribution in [0.5, 0.6) is 0 Å². The van der Waals surface area contributed by atoms with E-state index in [0.29, 0.717) is 12.0 Å². The van der Waals surface area contributed by atoms with Crippen LogP contribution in [-0.2, 0) is 4.79 Å². The molecule has 6 nitrogen and oxygen atoms in total. The van der Waals surface area contributed by atoms with Crippen LogP contribution in [-0.4, -0.2) is 32.8 Å². The molecule has 2 N–H and O–H groups in total. The number of carboxylic acids is 1. The Morgan fingerprint density at radius 3 is 2.35 bits per heavy atom. The minimum absolute atomic E-state index is 0.262. The van der Waals surface area contributed by atoms with Gasteiger partial charge in [-0.15, -0.1) is 0 Å². The van der Waals surface area contributed by atoms with Gasteiger partial charge in [0.25, 0.3) is 5.91 Å². The zero-order valence-electron chi connectivity index (χ0n) is 12.5. The third kappa shape index (κ3) is 3.37. The van der Waals surface area contributed by atoms with Gasteiger partial charge in [-0.2, -0.15) is 5.10 Å². The summed E-state index contributed by atoms with van der Waals surface area (Å²) in [6.07, 6.45) is 3.73. The zero-order valence-corrected chi connectivity index (χ0v) is 12.5. The smallest absolute Gasteiger partial charge is 0.326 e. The van der Waals surface area contributed by atoms with Crippen LogP contribution in [0.4, 0.5) is 0 Å². The number of carboxylic acid groups (broad SMARTS) is 1. The molecule has 0 aliphatic carbocycles. The first-order valence-electron chi connectivity index (χ1n) is 7.03. The van der Waals surface area contributed by atoms with Crippen molar-refractivity contribution in [2.45, 2.75) is 59.0 Å². The molecule has 1 unspecified atom stereocenters. The van der Waals surface area contributed by atoms with E-state index >= 15 is 0 Å². The molecule has 1 atom stereocenters. The third-order valence-electron chi connectivity index (χ3n) is 3.59. The van der Waals surface area contributed by atoms with Gasteiger partial charge in [-0.1, -0.05) is 20.8 Å². The summed E-state index contributed by atoms with van der Waals surface area (Å²) >= 11 is 0. The van der Waals surface area contributed by atoms with Gasteiger partial charge in [-0.05, 0) is 26.2 Å². The van der Waals surface area contributed by atoms with Gasteiger partial charge >= 0.3 is 5.97 Å². The fourth-order valence-electron chi connectivity index (χ4n) is 2.22. The number of aliphatic carboxylic acids is 1. The Kier molecular flexibility index (Phi) is 5.73. The monoisotopic (exact) mass is 281 g/mol. The molecule has 6 heteroatoms. The molecule has 0 saturated heterocycles. The largest absolute Gasteiger partial charge is 0.480 e. The van der Waals surface area contributed by atoms with E-state index < -0.39 is 12.0 Å². The number of nitrogens with zero attached hydrogens (tertiary/aromatic N) is 2. The third-order valence-corrected chi connectivity index (χ3v) is 3.59. The Morgan fingerprint density at radius 2 is 1.90 bits per heavy atom. The van der Waals surface area contributed by atoms with E-state index in [-0.39, 0.29) is 11.9 Å². The van der Waals surface area contributed by atoms with Gasteiger partial charge in [-0.3, -0.25) is 9.48 Å². The van der Waals surface area contributed by atoms with Crippen LogP contribution in [0, 0.1) is 6.92 Å². The number of hydrogen-bond donors (Lipinski definition) is 2. The summed E-state index contributed by atoms with van der Waals surface area (Å²) in [6, 6.07) is -0.601. The Labute approximate surface area is 119 Å². The van der Waals surface area contributed by atoms with E-state index in [1.54, 1.807) is 6.92 Å². The number of rotatable bonds is 7. The van der Waals surface area contributed by atoms with Crippen molar-refractivity contribution in [2.75, 3.05) is 0 Å². The van der Waals surface area contributed by atoms with Crippen molar-refractivity contribution in [3.63, 3.8) is 0 Å². The summed E-state index contributed by atoms with van der Waals surface area (Å²) in [7, 11) is 0. The van der Waals surface area contributed by atoms with Crippen LogP contribution in [0.25, 0.3) is 0 Å². The number of hydrogen-bond acceptors (Lipinski definition) is 3. The quantitative estimate of drug-likeness (QED) is 0.802. The average Bonchev–Trinajstić information content (AvgIpc) is 2.79. The second-order valence-corrected chi connectivity index (χ2v) is 4.83. The van der Waals surface area contributed by atoms with Crippen LogP contribution in [0.2, 0.25) is 0 Å². The van der Waals surface area contributed by atoms with E-state index in [4.69, 9.17) is 5.11 Å². The van der Waals surface area contributed by atoms with Crippen LogP contribution >= 0.6 is 0 Å². The predicted molar refractivity (Wildman–Crippen MR) is 75.8 cm³/mol. The van der Waals surface area contributed by atoms with E-state index in [9.17, 15) is 9.59 Å². The highest BCUT2D eigenvalue weighted by Crippen LogP contribution is 2.19. The Morgan fingerprint density at radius 1 is 1.30 bits per heavy atom. The van der Waals surface area contributed by atoms with Crippen molar-refractivity contribution in [2.24, 2.45) is 0 Å². The first kappa shape index (κ1) is 16.2. The second-order valence-electron chi connectivity index (χ2n) is 4.83. The maximum Gasteiger partial charge on any atom is 0.326 e. The van der Waals surface area contributed by atoms with Gasteiger partial charge in [0.15, 0.2) is 0 Å². The standard InChI is InChI=1S/C14H23N3O3/c1-5-10(6-2)17-9(4)11(8-15-17)13(18)16-12(7-3)14(19)20/h8,10,12H,5-7H2,1-4H3,(H,16,18)(H,19,20). The lowest BCUT2D eigenvalue weighted by atomic mass is 10.1. The SMILES string of the molecule is CCC(NC(=O)c1cnn(C(CC)CC)c1C)C(=O)O. The summed E-state index contributed by atoms with van der Waals surface area (Å²) in [5.41, 5.74) is 1.22. The minimum atomic E-state index is -1.02. The second kappa shape index (κ2) is 7.07. The van der Waals surface area contributed by atoms with Gasteiger partial charge in [0.2, 0.25) is 0 Å². The molecule has 0 aliphatic heterocycles. The molecule has 0 fully saturated rings. The summed E-state index contributed by atoms with van der Waals surface area (Å²) in [5, 5.41) is 15.8. The molecule has 20 heavy (non-hydrogen) atoms. The van der Waals surface area contributed by atoms with Crippen molar-refractivity contribution < 1.29 is 14.7 Å². The van der Waals surface area contributed by atoms with E-state index in [2.05, 4.69) is 24.3 Å². The maximum atomic E-state index is 12.1. The maximum absolute atomic E-state index is 12.1. The molecule has 0 radical (unpaired) electrons. The van der Waals surface area contributed by atoms with Gasteiger partial charge in [0.05, 0.1) is 17.8 Å². The number of carbonyl (C=O) groups is 2. The van der Waals surface area contributed by atoms with Crippen molar-refractivity contribution in [3.05, 3.63) is 17.5 Å². The molecule has 0 aliphatic rings. The highest BCUT2D eigenvalue weighted by atomic mass is 16.4. The molecule has 0 aromatic carbocycles. The van der Waals surface area contributed by atoms with Gasteiger partial charge in [0, 0.05) is 5.69 Å². The van der Waals surface area contributed by atoms with E-state index in [1.807, 2.05) is 11.6 Å².